The second-order valence-electron chi connectivity index (χ2n) is 5.65. The lowest BCUT2D eigenvalue weighted by Crippen LogP contribution is -2.26. The molecule has 0 amide bonds. The van der Waals surface area contributed by atoms with Gasteiger partial charge in [-0.3, -0.25) is 5.01 Å². The van der Waals surface area contributed by atoms with Crippen LogP contribution in [0.25, 0.3) is 5.57 Å². The van der Waals surface area contributed by atoms with Crippen LogP contribution in [0.5, 0.6) is 5.75 Å². The fourth-order valence-corrected chi connectivity index (χ4v) is 2.69. The number of nitrogens with zero attached hydrogens (tertiary/aromatic N) is 4. The highest BCUT2D eigenvalue weighted by Gasteiger charge is 2.31. The smallest absolute Gasteiger partial charge is 0.447 e. The minimum absolute atomic E-state index is 0.248. The van der Waals surface area contributed by atoms with E-state index in [9.17, 15) is 13.2 Å². The molecule has 0 bridgehead atoms. The molecule has 9 heteroatoms. The van der Waals surface area contributed by atoms with E-state index in [1.807, 2.05) is 28.3 Å². The van der Waals surface area contributed by atoms with Crippen molar-refractivity contribution in [3.63, 3.8) is 0 Å². The molecule has 1 aromatic heterocycles. The summed E-state index contributed by atoms with van der Waals surface area (Å²) in [6.07, 6.45) is 4.01. The first-order chi connectivity index (χ1) is 12.5. The maximum atomic E-state index is 12.2. The normalized spacial score (nSPS) is 16.4. The predicted octanol–water partition coefficient (Wildman–Crippen LogP) is 3.57. The van der Waals surface area contributed by atoms with Crippen LogP contribution < -0.4 is 4.74 Å². The van der Waals surface area contributed by atoms with E-state index in [0.29, 0.717) is 19.1 Å². The molecule has 2 aliphatic heterocycles. The van der Waals surface area contributed by atoms with Gasteiger partial charge in [-0.2, -0.15) is 5.10 Å². The first-order valence-electron chi connectivity index (χ1n) is 7.71. The minimum atomic E-state index is -4.70. The number of halogens is 3. The van der Waals surface area contributed by atoms with Crippen LogP contribution in [-0.4, -0.2) is 33.8 Å². The number of allylic oxidation sites excluding steroid dienone is 2. The Kier molecular flexibility index (Phi) is 3.90. The van der Waals surface area contributed by atoms with Crippen LogP contribution in [0.15, 0.2) is 64.6 Å². The van der Waals surface area contributed by atoms with Crippen molar-refractivity contribution in [2.45, 2.75) is 12.9 Å². The van der Waals surface area contributed by atoms with Crippen molar-refractivity contribution >= 4 is 11.4 Å². The van der Waals surface area contributed by atoms with Crippen molar-refractivity contribution in [1.82, 2.24) is 14.9 Å². The second-order valence-corrected chi connectivity index (χ2v) is 5.65. The number of amidine groups is 1. The van der Waals surface area contributed by atoms with Gasteiger partial charge in [-0.25, -0.2) is 4.98 Å². The summed E-state index contributed by atoms with van der Waals surface area (Å²) < 4.78 is 45.8. The largest absolute Gasteiger partial charge is 0.573 e. The van der Waals surface area contributed by atoms with Crippen LogP contribution in [0.2, 0.25) is 0 Å². The van der Waals surface area contributed by atoms with Crippen LogP contribution >= 0.6 is 0 Å². The van der Waals surface area contributed by atoms with E-state index in [-0.39, 0.29) is 5.75 Å². The lowest BCUT2D eigenvalue weighted by Gasteiger charge is -2.20. The molecule has 2 aliphatic rings. The Balaban J connectivity index is 1.45. The number of alkyl halides is 3. The fraction of sp³-hybridized carbons (Fsp3) is 0.176. The van der Waals surface area contributed by atoms with Gasteiger partial charge in [0, 0.05) is 6.20 Å². The van der Waals surface area contributed by atoms with E-state index in [4.69, 9.17) is 4.42 Å². The standard InChI is InChI=1S/C17H13F3N4O2/c18-17(19,20)26-14-4-1-12(2-5-14)13-3-6-15-22-24(11-23(15)9-13)10-16-21-7-8-25-16/h1-9H,10-11H2. The van der Waals surface area contributed by atoms with Gasteiger partial charge in [0.25, 0.3) is 0 Å². The average Bonchev–Trinajstić information content (AvgIpc) is 3.22. The molecule has 0 radical (unpaired) electrons. The van der Waals surface area contributed by atoms with Gasteiger partial charge in [-0.05, 0) is 35.4 Å². The molecule has 4 rings (SSSR count). The third-order valence-corrected chi connectivity index (χ3v) is 3.78. The van der Waals surface area contributed by atoms with Crippen LogP contribution in [0, 0.1) is 0 Å². The second kappa shape index (κ2) is 6.25. The lowest BCUT2D eigenvalue weighted by atomic mass is 10.0. The van der Waals surface area contributed by atoms with Crippen LogP contribution in [0.3, 0.4) is 0 Å². The Morgan fingerprint density at radius 3 is 2.65 bits per heavy atom. The predicted molar refractivity (Wildman–Crippen MR) is 86.4 cm³/mol. The molecule has 0 spiro atoms. The SMILES string of the molecule is FC(F)(F)Oc1ccc(C2=CN3CN(Cc4ncco4)N=C3C=C2)cc1. The van der Waals surface area contributed by atoms with Gasteiger partial charge in [-0.1, -0.05) is 12.1 Å². The number of oxazole rings is 1. The van der Waals surface area contributed by atoms with Crippen molar-refractivity contribution < 1.29 is 22.3 Å². The van der Waals surface area contributed by atoms with E-state index in [0.717, 1.165) is 17.0 Å². The van der Waals surface area contributed by atoms with Crippen LogP contribution in [-0.2, 0) is 6.54 Å². The van der Waals surface area contributed by atoms with E-state index in [1.54, 1.807) is 18.3 Å². The summed E-state index contributed by atoms with van der Waals surface area (Å²) >= 11 is 0. The Hall–Kier alpha value is -3.23. The average molecular weight is 362 g/mol. The number of aromatic nitrogens is 1. The minimum Gasteiger partial charge on any atom is -0.447 e. The monoisotopic (exact) mass is 362 g/mol. The van der Waals surface area contributed by atoms with Crippen LogP contribution in [0.1, 0.15) is 11.5 Å². The quantitative estimate of drug-likeness (QED) is 0.832. The number of hydrogen-bond donors (Lipinski definition) is 0. The Morgan fingerprint density at radius 1 is 1.15 bits per heavy atom. The first-order valence-corrected chi connectivity index (χ1v) is 7.71. The van der Waals surface area contributed by atoms with Gasteiger partial charge in [-0.15, -0.1) is 13.2 Å². The van der Waals surface area contributed by atoms with Gasteiger partial charge in [0.1, 0.15) is 25.2 Å². The third kappa shape index (κ3) is 3.56. The number of ether oxygens (including phenoxy) is 1. The molecule has 0 saturated heterocycles. The molecule has 0 N–H and O–H groups in total. The number of fused-ring (bicyclic) bond motifs is 1. The summed E-state index contributed by atoms with van der Waals surface area (Å²) in [7, 11) is 0. The zero-order valence-electron chi connectivity index (χ0n) is 13.3. The van der Waals surface area contributed by atoms with Crippen molar-refractivity contribution in [3.05, 3.63) is 66.5 Å². The molecule has 134 valence electrons. The lowest BCUT2D eigenvalue weighted by molar-refractivity contribution is -0.274. The van der Waals surface area contributed by atoms with E-state index in [2.05, 4.69) is 14.8 Å². The molecule has 0 fully saturated rings. The maximum Gasteiger partial charge on any atom is 0.573 e. The van der Waals surface area contributed by atoms with E-state index >= 15 is 0 Å². The maximum absolute atomic E-state index is 12.2. The summed E-state index contributed by atoms with van der Waals surface area (Å²) in [5, 5.41) is 6.28. The molecule has 3 heterocycles. The van der Waals surface area contributed by atoms with E-state index in [1.165, 1.54) is 18.4 Å². The summed E-state index contributed by atoms with van der Waals surface area (Å²) in [6, 6.07) is 5.75. The molecule has 26 heavy (non-hydrogen) atoms. The molecule has 6 nitrogen and oxygen atoms in total. The number of hydrogen-bond acceptors (Lipinski definition) is 6. The van der Waals surface area contributed by atoms with Gasteiger partial charge >= 0.3 is 6.36 Å². The molecule has 0 saturated carbocycles. The summed E-state index contributed by atoms with van der Waals surface area (Å²) in [5.41, 5.74) is 1.64. The Morgan fingerprint density at radius 2 is 1.96 bits per heavy atom. The Labute approximate surface area is 146 Å². The van der Waals surface area contributed by atoms with Crippen molar-refractivity contribution in [2.24, 2.45) is 5.10 Å². The first kappa shape index (κ1) is 16.2. The highest BCUT2D eigenvalue weighted by molar-refractivity contribution is 6.00. The number of benzene rings is 1. The third-order valence-electron chi connectivity index (χ3n) is 3.78. The van der Waals surface area contributed by atoms with Crippen molar-refractivity contribution in [2.75, 3.05) is 6.67 Å². The fourth-order valence-electron chi connectivity index (χ4n) is 2.69. The summed E-state index contributed by atoms with van der Waals surface area (Å²) in [5.74, 6) is 1.10. The molecule has 0 atom stereocenters. The van der Waals surface area contributed by atoms with Crippen molar-refractivity contribution in [3.8, 4) is 5.75 Å². The molecule has 2 aromatic rings. The number of hydrazone groups is 1. The van der Waals surface area contributed by atoms with Gasteiger partial charge in [0.05, 0.1) is 6.20 Å². The molecular weight excluding hydrogens is 349 g/mol. The molecule has 0 aliphatic carbocycles. The topological polar surface area (TPSA) is 54.1 Å². The van der Waals surface area contributed by atoms with Gasteiger partial charge in [0.2, 0.25) is 5.89 Å². The van der Waals surface area contributed by atoms with Gasteiger partial charge in [0.15, 0.2) is 5.84 Å². The van der Waals surface area contributed by atoms with E-state index < -0.39 is 6.36 Å². The Bertz CT molecular complexity index is 870. The van der Waals surface area contributed by atoms with Gasteiger partial charge < -0.3 is 14.1 Å². The molecule has 0 unspecified atom stereocenters. The molecule has 1 aromatic carbocycles. The highest BCUT2D eigenvalue weighted by atomic mass is 19.4. The molecular formula is C17H13F3N4O2. The summed E-state index contributed by atoms with van der Waals surface area (Å²) in [6.45, 7) is 0.980. The van der Waals surface area contributed by atoms with Crippen LogP contribution in [0.4, 0.5) is 13.2 Å². The highest BCUT2D eigenvalue weighted by Crippen LogP contribution is 2.28. The van der Waals surface area contributed by atoms with Crippen molar-refractivity contribution in [1.29, 1.82) is 0 Å². The zero-order chi connectivity index (χ0) is 18.1. The summed E-state index contributed by atoms with van der Waals surface area (Å²) in [4.78, 5) is 6.01. The zero-order valence-corrected chi connectivity index (χ0v) is 13.3. The number of rotatable bonds is 4.